The number of pyridine rings is 1. The van der Waals surface area contributed by atoms with Gasteiger partial charge in [0.15, 0.2) is 23.3 Å². The fourth-order valence-electron chi connectivity index (χ4n) is 5.87. The lowest BCUT2D eigenvalue weighted by atomic mass is 10.1. The molecule has 0 bridgehead atoms. The molecule has 47 heavy (non-hydrogen) atoms. The Hall–Kier alpha value is -6.18. The van der Waals surface area contributed by atoms with Gasteiger partial charge in [-0.3, -0.25) is 4.98 Å². The van der Waals surface area contributed by atoms with Crippen LogP contribution in [0.3, 0.4) is 0 Å². The number of thiophene rings is 1. The Balaban J connectivity index is 1.14. The van der Waals surface area contributed by atoms with Crippen LogP contribution in [0.15, 0.2) is 146 Å². The summed E-state index contributed by atoms with van der Waals surface area (Å²) < 4.78 is 2.41. The van der Waals surface area contributed by atoms with Gasteiger partial charge in [0.25, 0.3) is 0 Å². The number of benzene rings is 5. The largest absolute Gasteiger partial charge is 0.253 e. The third-order valence-corrected chi connectivity index (χ3v) is 9.33. The second kappa shape index (κ2) is 11.3. The fraction of sp³-hybridized carbons (Fsp3) is 0. The predicted octanol–water partition coefficient (Wildman–Crippen LogP) is 9.91. The first-order valence-electron chi connectivity index (χ1n) is 15.3. The summed E-state index contributed by atoms with van der Waals surface area (Å²) in [5.41, 5.74) is 6.14. The van der Waals surface area contributed by atoms with Crippen LogP contribution in [-0.4, -0.2) is 29.9 Å². The highest BCUT2D eigenvalue weighted by molar-refractivity contribution is 7.25. The molecule has 0 fully saturated rings. The molecule has 0 aliphatic rings. The van der Waals surface area contributed by atoms with Crippen molar-refractivity contribution >= 4 is 42.4 Å². The Morgan fingerprint density at radius 1 is 0.383 bits per heavy atom. The molecule has 0 aliphatic heterocycles. The van der Waals surface area contributed by atoms with Crippen molar-refractivity contribution < 1.29 is 0 Å². The van der Waals surface area contributed by atoms with Gasteiger partial charge in [0, 0.05) is 49.3 Å². The number of hydrogen-bond donors (Lipinski definition) is 0. The van der Waals surface area contributed by atoms with Crippen molar-refractivity contribution in [1.82, 2.24) is 29.9 Å². The van der Waals surface area contributed by atoms with Crippen molar-refractivity contribution in [1.29, 1.82) is 0 Å². The number of para-hydroxylation sites is 1. The quantitative estimate of drug-likeness (QED) is 0.191. The number of aromatic nitrogens is 6. The first kappa shape index (κ1) is 27.2. The Labute approximate surface area is 274 Å². The van der Waals surface area contributed by atoms with E-state index in [1.807, 2.05) is 109 Å². The van der Waals surface area contributed by atoms with Crippen LogP contribution in [0.2, 0.25) is 0 Å². The molecule has 0 saturated heterocycles. The van der Waals surface area contributed by atoms with Crippen molar-refractivity contribution in [3.8, 4) is 56.9 Å². The molecule has 4 aromatic heterocycles. The van der Waals surface area contributed by atoms with Crippen LogP contribution >= 0.6 is 11.3 Å². The van der Waals surface area contributed by atoms with E-state index in [1.54, 1.807) is 11.3 Å². The molecule has 220 valence electrons. The lowest BCUT2D eigenvalue weighted by Gasteiger charge is -2.10. The molecule has 6 nitrogen and oxygen atoms in total. The first-order valence-corrected chi connectivity index (χ1v) is 16.1. The van der Waals surface area contributed by atoms with Gasteiger partial charge in [-0.15, -0.1) is 11.3 Å². The molecular formula is C40H24N6S. The normalized spacial score (nSPS) is 11.4. The van der Waals surface area contributed by atoms with Gasteiger partial charge in [-0.25, -0.2) is 24.9 Å². The van der Waals surface area contributed by atoms with Crippen LogP contribution in [0, 0.1) is 0 Å². The van der Waals surface area contributed by atoms with Crippen LogP contribution in [0.4, 0.5) is 0 Å². The third-order valence-electron chi connectivity index (χ3n) is 8.21. The summed E-state index contributed by atoms with van der Waals surface area (Å²) in [4.78, 5) is 29.5. The molecule has 0 unspecified atom stereocenters. The van der Waals surface area contributed by atoms with Crippen LogP contribution in [0.5, 0.6) is 0 Å². The highest BCUT2D eigenvalue weighted by Crippen LogP contribution is 2.36. The fourth-order valence-corrected chi connectivity index (χ4v) is 6.92. The van der Waals surface area contributed by atoms with E-state index in [9.17, 15) is 0 Å². The summed E-state index contributed by atoms with van der Waals surface area (Å²) in [6.07, 6.45) is 1.96. The van der Waals surface area contributed by atoms with E-state index in [0.717, 1.165) is 49.2 Å². The Bertz CT molecular complexity index is 2510. The molecule has 0 radical (unpaired) electrons. The van der Waals surface area contributed by atoms with E-state index in [1.165, 1.54) is 15.5 Å². The van der Waals surface area contributed by atoms with Crippen molar-refractivity contribution in [2.45, 2.75) is 0 Å². The summed E-state index contributed by atoms with van der Waals surface area (Å²) >= 11 is 1.76. The second-order valence-electron chi connectivity index (χ2n) is 11.2. The monoisotopic (exact) mass is 620 g/mol. The molecule has 0 aliphatic carbocycles. The molecule has 0 N–H and O–H groups in total. The minimum atomic E-state index is 0.602. The van der Waals surface area contributed by atoms with Gasteiger partial charge in [0.2, 0.25) is 0 Å². The molecule has 0 saturated carbocycles. The maximum absolute atomic E-state index is 5.11. The van der Waals surface area contributed by atoms with E-state index in [0.29, 0.717) is 23.3 Å². The Morgan fingerprint density at radius 3 is 1.53 bits per heavy atom. The first-order chi connectivity index (χ1) is 23.3. The predicted molar refractivity (Wildman–Crippen MR) is 191 cm³/mol. The highest BCUT2D eigenvalue weighted by Gasteiger charge is 2.16. The standard InChI is InChI=1S/C40H24N6S/c1-3-11-25(12-4-1)38-44-39(26-13-5-2-6-14-26)46-40(45-38)28-21-19-27(20-22-28)37-42-32-17-9-7-16-30(32)36(43-37)33-23-31-29-15-8-10-18-34(29)47-35(31)24-41-33/h1-24H. The topological polar surface area (TPSA) is 77.3 Å². The van der Waals surface area contributed by atoms with Gasteiger partial charge < -0.3 is 0 Å². The summed E-state index contributed by atoms with van der Waals surface area (Å²) in [5, 5.41) is 3.38. The lowest BCUT2D eigenvalue weighted by Crippen LogP contribution is -2.00. The van der Waals surface area contributed by atoms with Gasteiger partial charge in [-0.05, 0) is 18.2 Å². The van der Waals surface area contributed by atoms with Crippen LogP contribution in [-0.2, 0) is 0 Å². The van der Waals surface area contributed by atoms with E-state index >= 15 is 0 Å². The molecule has 9 rings (SSSR count). The van der Waals surface area contributed by atoms with Crippen molar-refractivity contribution in [3.05, 3.63) is 146 Å². The Kier molecular flexibility index (Phi) is 6.54. The van der Waals surface area contributed by atoms with Crippen molar-refractivity contribution in [2.75, 3.05) is 0 Å². The molecule has 0 atom stereocenters. The molecular weight excluding hydrogens is 597 g/mol. The maximum Gasteiger partial charge on any atom is 0.164 e. The average molecular weight is 621 g/mol. The molecule has 4 heterocycles. The summed E-state index contributed by atoms with van der Waals surface area (Å²) in [6, 6.07) is 46.8. The summed E-state index contributed by atoms with van der Waals surface area (Å²) in [6.45, 7) is 0. The summed E-state index contributed by atoms with van der Waals surface area (Å²) in [5.74, 6) is 2.49. The maximum atomic E-state index is 5.11. The molecule has 9 aromatic rings. The summed E-state index contributed by atoms with van der Waals surface area (Å²) in [7, 11) is 0. The zero-order valence-corrected chi connectivity index (χ0v) is 25.8. The van der Waals surface area contributed by atoms with Crippen molar-refractivity contribution in [2.24, 2.45) is 0 Å². The zero-order valence-electron chi connectivity index (χ0n) is 24.9. The smallest absolute Gasteiger partial charge is 0.164 e. The van der Waals surface area contributed by atoms with E-state index in [-0.39, 0.29) is 0 Å². The van der Waals surface area contributed by atoms with Crippen LogP contribution in [0.1, 0.15) is 0 Å². The van der Waals surface area contributed by atoms with E-state index in [4.69, 9.17) is 29.9 Å². The SMILES string of the molecule is c1ccc(-c2nc(-c3ccccc3)nc(-c3ccc(-c4nc(-c5cc6c(cn5)sc5ccccc56)c5ccccc5n4)cc3)n2)cc1. The van der Waals surface area contributed by atoms with Gasteiger partial charge in [-0.2, -0.15) is 0 Å². The minimum absolute atomic E-state index is 0.602. The number of rotatable bonds is 5. The van der Waals surface area contributed by atoms with Gasteiger partial charge in [0.05, 0.1) is 15.9 Å². The minimum Gasteiger partial charge on any atom is -0.253 e. The van der Waals surface area contributed by atoms with E-state index < -0.39 is 0 Å². The average Bonchev–Trinajstić information content (AvgIpc) is 3.53. The lowest BCUT2D eigenvalue weighted by molar-refractivity contribution is 1.07. The number of hydrogen-bond acceptors (Lipinski definition) is 7. The second-order valence-corrected chi connectivity index (χ2v) is 12.3. The molecule has 0 spiro atoms. The van der Waals surface area contributed by atoms with Gasteiger partial charge >= 0.3 is 0 Å². The highest BCUT2D eigenvalue weighted by atomic mass is 32.1. The van der Waals surface area contributed by atoms with Crippen molar-refractivity contribution in [3.63, 3.8) is 0 Å². The zero-order chi connectivity index (χ0) is 31.2. The third kappa shape index (κ3) is 4.99. The Morgan fingerprint density at radius 2 is 0.894 bits per heavy atom. The van der Waals surface area contributed by atoms with Crippen LogP contribution in [0.25, 0.3) is 88.0 Å². The molecule has 5 aromatic carbocycles. The molecule has 0 amide bonds. The van der Waals surface area contributed by atoms with Gasteiger partial charge in [0.1, 0.15) is 5.69 Å². The van der Waals surface area contributed by atoms with Gasteiger partial charge in [-0.1, -0.05) is 121 Å². The number of fused-ring (bicyclic) bond motifs is 4. The van der Waals surface area contributed by atoms with E-state index in [2.05, 4.69) is 36.4 Å². The van der Waals surface area contributed by atoms with Crippen LogP contribution < -0.4 is 0 Å². The number of nitrogens with zero attached hydrogens (tertiary/aromatic N) is 6. The molecule has 7 heteroatoms.